The largest absolute Gasteiger partial charge is 0.395 e. The van der Waals surface area contributed by atoms with Crippen LogP contribution in [-0.4, -0.2) is 52.2 Å². The van der Waals surface area contributed by atoms with Crippen molar-refractivity contribution < 1.29 is 19.1 Å². The molecule has 0 aliphatic carbocycles. The maximum atomic E-state index is 13.9. The van der Waals surface area contributed by atoms with Gasteiger partial charge in [-0.25, -0.2) is 0 Å². The Morgan fingerprint density at radius 2 is 2.03 bits per heavy atom. The summed E-state index contributed by atoms with van der Waals surface area (Å²) in [6, 6.07) is 11.8. The average molecular weight is 525 g/mol. The van der Waals surface area contributed by atoms with Crippen molar-refractivity contribution in [3.05, 3.63) is 75.1 Å². The first-order valence-corrected chi connectivity index (χ1v) is 12.6. The fourth-order valence-electron chi connectivity index (χ4n) is 3.72. The van der Waals surface area contributed by atoms with Crippen molar-refractivity contribution in [1.82, 2.24) is 19.6 Å². The quantitative estimate of drug-likeness (QED) is 0.269. The number of amides is 3. The minimum absolute atomic E-state index is 0.0394. The summed E-state index contributed by atoms with van der Waals surface area (Å²) in [7, 11) is 1.54. The molecule has 1 atom stereocenters. The summed E-state index contributed by atoms with van der Waals surface area (Å²) in [6.07, 6.45) is 1.69. The summed E-state index contributed by atoms with van der Waals surface area (Å²) in [4.78, 5) is 45.8. The van der Waals surface area contributed by atoms with Gasteiger partial charge in [0, 0.05) is 30.1 Å². The lowest BCUT2D eigenvalue weighted by Crippen LogP contribution is -2.44. The van der Waals surface area contributed by atoms with Crippen LogP contribution in [0.15, 0.2) is 54.0 Å². The van der Waals surface area contributed by atoms with Crippen LogP contribution in [0, 0.1) is 0 Å². The number of anilines is 1. The number of hydrogen-bond donors (Lipinski definition) is 3. The molecule has 5 N–H and O–H groups in total. The van der Waals surface area contributed by atoms with Crippen LogP contribution in [-0.2, 0) is 16.1 Å². The average Bonchev–Trinajstić information content (AvgIpc) is 3.53. The molecule has 0 bridgehead atoms. The number of nitrogens with zero attached hydrogens (tertiary/aromatic N) is 3. The standard InChI is InChI=1S/C24H24N6O4S2/c1-34-10-9-28-23(32)20(15-6-7-17-14(12-15)4-2-8-27-17)30(13-16-5-3-11-35-16)24(33)21-18(25)19(22(26)31)29-36-21/h2-8,11-12,20H,9-10,13,25H2,1H3,(H2,26,31)(H,28,32)/t20-/m0/s1. The number of methoxy groups -OCH3 is 1. The van der Waals surface area contributed by atoms with Gasteiger partial charge in [0.05, 0.1) is 24.4 Å². The number of aromatic nitrogens is 2. The van der Waals surface area contributed by atoms with Crippen LogP contribution in [0.25, 0.3) is 10.9 Å². The number of rotatable bonds is 10. The number of primary amides is 1. The Balaban J connectivity index is 1.82. The lowest BCUT2D eigenvalue weighted by atomic mass is 10.0. The second kappa shape index (κ2) is 11.2. The topological polar surface area (TPSA) is 154 Å². The highest BCUT2D eigenvalue weighted by Crippen LogP contribution is 2.32. The summed E-state index contributed by atoms with van der Waals surface area (Å²) < 4.78 is 9.04. The van der Waals surface area contributed by atoms with E-state index < -0.39 is 23.8 Å². The summed E-state index contributed by atoms with van der Waals surface area (Å²) >= 11 is 2.23. The molecule has 3 amide bonds. The van der Waals surface area contributed by atoms with E-state index in [1.54, 1.807) is 24.4 Å². The monoisotopic (exact) mass is 524 g/mol. The van der Waals surface area contributed by atoms with Crippen LogP contribution in [0.5, 0.6) is 0 Å². The molecule has 0 fully saturated rings. The number of carbonyl (C=O) groups is 3. The first-order valence-electron chi connectivity index (χ1n) is 10.9. The van der Waals surface area contributed by atoms with Gasteiger partial charge in [0.2, 0.25) is 5.91 Å². The van der Waals surface area contributed by atoms with Crippen molar-refractivity contribution in [2.75, 3.05) is 26.0 Å². The van der Waals surface area contributed by atoms with Gasteiger partial charge in [-0.2, -0.15) is 4.37 Å². The molecular weight excluding hydrogens is 500 g/mol. The fourth-order valence-corrected chi connectivity index (χ4v) is 5.18. The van der Waals surface area contributed by atoms with Gasteiger partial charge in [-0.15, -0.1) is 11.3 Å². The predicted octanol–water partition coefficient (Wildman–Crippen LogP) is 2.58. The second-order valence-corrected chi connectivity index (χ2v) is 9.60. The first kappa shape index (κ1) is 25.2. The van der Waals surface area contributed by atoms with E-state index in [0.29, 0.717) is 12.2 Å². The van der Waals surface area contributed by atoms with Gasteiger partial charge >= 0.3 is 0 Å². The molecule has 10 nitrogen and oxygen atoms in total. The Morgan fingerprint density at radius 3 is 2.72 bits per heavy atom. The van der Waals surface area contributed by atoms with E-state index in [-0.39, 0.29) is 29.3 Å². The maximum absolute atomic E-state index is 13.9. The van der Waals surface area contributed by atoms with E-state index in [1.165, 1.54) is 23.3 Å². The number of benzene rings is 1. The Morgan fingerprint density at radius 1 is 1.19 bits per heavy atom. The molecule has 0 unspecified atom stereocenters. The molecule has 0 aliphatic rings. The Hall–Kier alpha value is -3.87. The van der Waals surface area contributed by atoms with Crippen LogP contribution in [0.4, 0.5) is 5.69 Å². The molecular formula is C24H24N6O4S2. The molecule has 4 rings (SSSR count). The molecule has 3 aromatic heterocycles. The number of pyridine rings is 1. The molecule has 1 aromatic carbocycles. The van der Waals surface area contributed by atoms with Gasteiger partial charge in [-0.05, 0) is 46.7 Å². The highest BCUT2D eigenvalue weighted by Gasteiger charge is 2.35. The van der Waals surface area contributed by atoms with E-state index in [4.69, 9.17) is 16.2 Å². The zero-order valence-corrected chi connectivity index (χ0v) is 21.0. The molecule has 0 saturated carbocycles. The van der Waals surface area contributed by atoms with E-state index in [9.17, 15) is 14.4 Å². The number of ether oxygens (including phenoxy) is 1. The lowest BCUT2D eigenvalue weighted by Gasteiger charge is -2.31. The van der Waals surface area contributed by atoms with E-state index in [2.05, 4.69) is 14.7 Å². The van der Waals surface area contributed by atoms with Crippen LogP contribution >= 0.6 is 22.9 Å². The Kier molecular flexibility index (Phi) is 7.88. The molecule has 0 aliphatic heterocycles. The van der Waals surface area contributed by atoms with Crippen molar-refractivity contribution in [1.29, 1.82) is 0 Å². The molecule has 12 heteroatoms. The predicted molar refractivity (Wildman–Crippen MR) is 139 cm³/mol. The molecule has 0 saturated heterocycles. The van der Waals surface area contributed by atoms with Crippen molar-refractivity contribution >= 4 is 57.2 Å². The van der Waals surface area contributed by atoms with Gasteiger partial charge in [-0.3, -0.25) is 19.4 Å². The van der Waals surface area contributed by atoms with Crippen molar-refractivity contribution in [2.24, 2.45) is 5.73 Å². The number of nitrogens with two attached hydrogens (primary N) is 2. The van der Waals surface area contributed by atoms with E-state index in [0.717, 1.165) is 27.3 Å². The molecule has 0 radical (unpaired) electrons. The number of carbonyl (C=O) groups excluding carboxylic acids is 3. The highest BCUT2D eigenvalue weighted by molar-refractivity contribution is 7.10. The Bertz CT molecular complexity index is 1390. The number of nitrogen functional groups attached to an aromatic ring is 1. The normalized spacial score (nSPS) is 11.8. The second-order valence-electron chi connectivity index (χ2n) is 7.79. The van der Waals surface area contributed by atoms with Crippen molar-refractivity contribution in [3.63, 3.8) is 0 Å². The number of fused-ring (bicyclic) bond motifs is 1. The third-order valence-corrected chi connectivity index (χ3v) is 7.14. The minimum Gasteiger partial charge on any atom is -0.395 e. The lowest BCUT2D eigenvalue weighted by molar-refractivity contribution is -0.126. The van der Waals surface area contributed by atoms with Gasteiger partial charge in [0.15, 0.2) is 5.69 Å². The van der Waals surface area contributed by atoms with Gasteiger partial charge in [0.1, 0.15) is 10.9 Å². The van der Waals surface area contributed by atoms with Crippen LogP contribution < -0.4 is 16.8 Å². The van der Waals surface area contributed by atoms with E-state index >= 15 is 0 Å². The SMILES string of the molecule is COCCNC(=O)[C@H](c1ccc2ncccc2c1)N(Cc1cccs1)C(=O)c1snc(C(N)=O)c1N. The van der Waals surface area contributed by atoms with Crippen molar-refractivity contribution in [3.8, 4) is 0 Å². The number of thiophene rings is 1. The maximum Gasteiger partial charge on any atom is 0.270 e. The van der Waals surface area contributed by atoms with Gasteiger partial charge < -0.3 is 26.4 Å². The van der Waals surface area contributed by atoms with Gasteiger partial charge in [0.25, 0.3) is 11.8 Å². The third kappa shape index (κ3) is 5.35. The van der Waals surface area contributed by atoms with Crippen LogP contribution in [0.3, 0.4) is 0 Å². The molecule has 4 aromatic rings. The molecule has 0 spiro atoms. The smallest absolute Gasteiger partial charge is 0.270 e. The molecule has 36 heavy (non-hydrogen) atoms. The molecule has 3 heterocycles. The third-order valence-electron chi connectivity index (χ3n) is 5.43. The van der Waals surface area contributed by atoms with Crippen LogP contribution in [0.2, 0.25) is 0 Å². The highest BCUT2D eigenvalue weighted by atomic mass is 32.1. The summed E-state index contributed by atoms with van der Waals surface area (Å²) in [5.41, 5.74) is 12.5. The summed E-state index contributed by atoms with van der Waals surface area (Å²) in [5.74, 6) is -1.76. The summed E-state index contributed by atoms with van der Waals surface area (Å²) in [5, 5.41) is 5.56. The zero-order chi connectivity index (χ0) is 25.7. The first-order chi connectivity index (χ1) is 17.4. The molecule has 186 valence electrons. The zero-order valence-electron chi connectivity index (χ0n) is 19.3. The fraction of sp³-hybridized carbons (Fsp3) is 0.208. The van der Waals surface area contributed by atoms with E-state index in [1.807, 2.05) is 29.6 Å². The van der Waals surface area contributed by atoms with Crippen LogP contribution in [0.1, 0.15) is 36.6 Å². The van der Waals surface area contributed by atoms with Gasteiger partial charge in [-0.1, -0.05) is 18.2 Å². The number of hydrogen-bond acceptors (Lipinski definition) is 9. The Labute approximate surface area is 215 Å². The number of nitrogens with one attached hydrogen (secondary N) is 1. The summed E-state index contributed by atoms with van der Waals surface area (Å²) in [6.45, 7) is 0.701. The minimum atomic E-state index is -1.01. The van der Waals surface area contributed by atoms with Crippen molar-refractivity contribution in [2.45, 2.75) is 12.6 Å².